The van der Waals surface area contributed by atoms with E-state index in [0.717, 1.165) is 12.8 Å². The normalized spacial score (nSPS) is 10.4. The Labute approximate surface area is 78.2 Å². The Morgan fingerprint density at radius 1 is 1.23 bits per heavy atom. The van der Waals surface area contributed by atoms with Gasteiger partial charge in [-0.25, -0.2) is 4.39 Å². The van der Waals surface area contributed by atoms with Gasteiger partial charge in [0, 0.05) is 0 Å². The van der Waals surface area contributed by atoms with E-state index in [2.05, 4.69) is 0 Å². The molecule has 0 unspecified atom stereocenters. The van der Waals surface area contributed by atoms with Crippen molar-refractivity contribution < 1.29 is 9.50 Å². The van der Waals surface area contributed by atoms with Gasteiger partial charge in [0.25, 0.3) is 0 Å². The number of phenols is 1. The third-order valence-corrected chi connectivity index (χ3v) is 2.15. The predicted octanol–water partition coefficient (Wildman–Crippen LogP) is 3.05. The molecule has 1 rings (SSSR count). The first-order chi connectivity index (χ1) is 6.19. The fourth-order valence-corrected chi connectivity index (χ4v) is 1.39. The van der Waals surface area contributed by atoms with Crippen molar-refractivity contribution in [2.24, 2.45) is 0 Å². The zero-order chi connectivity index (χ0) is 9.84. The Hall–Kier alpha value is -1.05. The van der Waals surface area contributed by atoms with Crippen molar-refractivity contribution in [2.75, 3.05) is 0 Å². The summed E-state index contributed by atoms with van der Waals surface area (Å²) >= 11 is 0. The highest BCUT2D eigenvalue weighted by Gasteiger charge is 2.06. The fourth-order valence-electron chi connectivity index (χ4n) is 1.39. The molecular formula is C11H15FO. The van der Waals surface area contributed by atoms with Crippen LogP contribution < -0.4 is 0 Å². The Balaban J connectivity index is 3.05. The van der Waals surface area contributed by atoms with E-state index >= 15 is 0 Å². The Morgan fingerprint density at radius 2 is 1.92 bits per heavy atom. The molecule has 0 amide bonds. The van der Waals surface area contributed by atoms with Crippen molar-refractivity contribution in [1.82, 2.24) is 0 Å². The van der Waals surface area contributed by atoms with Crippen LogP contribution in [0.15, 0.2) is 12.1 Å². The lowest BCUT2D eigenvalue weighted by Crippen LogP contribution is -1.92. The first kappa shape index (κ1) is 10.0. The molecule has 0 aliphatic rings. The van der Waals surface area contributed by atoms with Crippen LogP contribution in [0.5, 0.6) is 5.75 Å². The van der Waals surface area contributed by atoms with Crippen LogP contribution in [0, 0.1) is 5.82 Å². The lowest BCUT2D eigenvalue weighted by atomic mass is 10.0. The summed E-state index contributed by atoms with van der Waals surface area (Å²) in [5.74, 6) is 0.0175. The monoisotopic (exact) mass is 182 g/mol. The van der Waals surface area contributed by atoms with E-state index in [-0.39, 0.29) is 11.6 Å². The summed E-state index contributed by atoms with van der Waals surface area (Å²) < 4.78 is 13.2. The first-order valence-corrected chi connectivity index (χ1v) is 4.69. The molecule has 0 aliphatic heterocycles. The van der Waals surface area contributed by atoms with Crippen molar-refractivity contribution in [1.29, 1.82) is 0 Å². The van der Waals surface area contributed by atoms with Crippen molar-refractivity contribution in [3.8, 4) is 5.75 Å². The number of hydrogen-bond donors (Lipinski definition) is 1. The lowest BCUT2D eigenvalue weighted by Gasteiger charge is -2.06. The molecule has 1 aromatic carbocycles. The summed E-state index contributed by atoms with van der Waals surface area (Å²) in [4.78, 5) is 0. The van der Waals surface area contributed by atoms with Gasteiger partial charge in [-0.3, -0.25) is 0 Å². The molecule has 1 N–H and O–H groups in total. The van der Waals surface area contributed by atoms with Crippen molar-refractivity contribution >= 4 is 0 Å². The molecule has 0 bridgehead atoms. The Kier molecular flexibility index (Phi) is 3.29. The molecule has 0 saturated carbocycles. The summed E-state index contributed by atoms with van der Waals surface area (Å²) in [7, 11) is 0. The molecule has 0 spiro atoms. The molecule has 13 heavy (non-hydrogen) atoms. The smallest absolute Gasteiger partial charge is 0.126 e. The molecule has 0 fully saturated rings. The van der Waals surface area contributed by atoms with E-state index in [1.165, 1.54) is 12.1 Å². The van der Waals surface area contributed by atoms with Gasteiger partial charge in [-0.05, 0) is 36.1 Å². The summed E-state index contributed by atoms with van der Waals surface area (Å²) in [5.41, 5.74) is 1.29. The first-order valence-electron chi connectivity index (χ1n) is 4.69. The molecule has 72 valence electrons. The van der Waals surface area contributed by atoms with E-state index in [4.69, 9.17) is 0 Å². The van der Waals surface area contributed by atoms with Gasteiger partial charge in [-0.2, -0.15) is 0 Å². The standard InChI is InChI=1S/C11H15FO/c1-3-5-9-6-10(12)8(4-2)7-11(9)13/h6-7,13H,3-5H2,1-2H3. The van der Waals surface area contributed by atoms with Gasteiger partial charge < -0.3 is 5.11 Å². The summed E-state index contributed by atoms with van der Waals surface area (Å²) in [6.07, 6.45) is 2.26. The maximum atomic E-state index is 13.2. The van der Waals surface area contributed by atoms with Gasteiger partial charge in [0.1, 0.15) is 11.6 Å². The number of aryl methyl sites for hydroxylation is 2. The summed E-state index contributed by atoms with van der Waals surface area (Å²) in [6.45, 7) is 3.88. The largest absolute Gasteiger partial charge is 0.508 e. The summed E-state index contributed by atoms with van der Waals surface area (Å²) in [6, 6.07) is 2.97. The minimum absolute atomic E-state index is 0.205. The van der Waals surface area contributed by atoms with E-state index in [0.29, 0.717) is 17.5 Å². The van der Waals surface area contributed by atoms with E-state index in [9.17, 15) is 9.50 Å². The molecule has 2 heteroatoms. The van der Waals surface area contributed by atoms with Gasteiger partial charge in [0.2, 0.25) is 0 Å². The maximum Gasteiger partial charge on any atom is 0.126 e. The van der Waals surface area contributed by atoms with Crippen LogP contribution >= 0.6 is 0 Å². The third-order valence-electron chi connectivity index (χ3n) is 2.15. The minimum Gasteiger partial charge on any atom is -0.508 e. The number of phenolic OH excluding ortho intramolecular Hbond substituents is 1. The molecule has 1 nitrogen and oxygen atoms in total. The van der Waals surface area contributed by atoms with Gasteiger partial charge in [-0.1, -0.05) is 20.3 Å². The molecule has 0 aliphatic carbocycles. The van der Waals surface area contributed by atoms with Gasteiger partial charge >= 0.3 is 0 Å². The second-order valence-corrected chi connectivity index (χ2v) is 3.18. The number of benzene rings is 1. The summed E-state index contributed by atoms with van der Waals surface area (Å²) in [5, 5.41) is 9.51. The lowest BCUT2D eigenvalue weighted by molar-refractivity contribution is 0.463. The number of hydrogen-bond acceptors (Lipinski definition) is 1. The number of halogens is 1. The number of rotatable bonds is 3. The van der Waals surface area contributed by atoms with Crippen LogP contribution in [0.3, 0.4) is 0 Å². The molecule has 1 aromatic rings. The SMILES string of the molecule is CCCc1cc(F)c(CC)cc1O. The van der Waals surface area contributed by atoms with E-state index in [1.807, 2.05) is 13.8 Å². The third kappa shape index (κ3) is 2.20. The molecule has 0 radical (unpaired) electrons. The van der Waals surface area contributed by atoms with Gasteiger partial charge in [0.05, 0.1) is 0 Å². The van der Waals surface area contributed by atoms with Crippen LogP contribution in [-0.2, 0) is 12.8 Å². The minimum atomic E-state index is -0.205. The van der Waals surface area contributed by atoms with Crippen LogP contribution in [-0.4, -0.2) is 5.11 Å². The van der Waals surface area contributed by atoms with Crippen molar-refractivity contribution in [3.05, 3.63) is 29.1 Å². The van der Waals surface area contributed by atoms with E-state index in [1.54, 1.807) is 0 Å². The number of aromatic hydroxyl groups is 1. The highest BCUT2D eigenvalue weighted by Crippen LogP contribution is 2.23. The van der Waals surface area contributed by atoms with Gasteiger partial charge in [0.15, 0.2) is 0 Å². The molecule has 0 atom stereocenters. The predicted molar refractivity (Wildman–Crippen MR) is 51.4 cm³/mol. The fraction of sp³-hybridized carbons (Fsp3) is 0.455. The molecule has 0 saturated heterocycles. The molecule has 0 heterocycles. The van der Waals surface area contributed by atoms with Gasteiger partial charge in [-0.15, -0.1) is 0 Å². The molecule has 0 aromatic heterocycles. The second-order valence-electron chi connectivity index (χ2n) is 3.18. The zero-order valence-corrected chi connectivity index (χ0v) is 8.10. The quantitative estimate of drug-likeness (QED) is 0.761. The van der Waals surface area contributed by atoms with Crippen LogP contribution in [0.25, 0.3) is 0 Å². The zero-order valence-electron chi connectivity index (χ0n) is 8.10. The maximum absolute atomic E-state index is 13.2. The molecular weight excluding hydrogens is 167 g/mol. The van der Waals surface area contributed by atoms with Crippen LogP contribution in [0.2, 0.25) is 0 Å². The van der Waals surface area contributed by atoms with Crippen LogP contribution in [0.4, 0.5) is 4.39 Å². The van der Waals surface area contributed by atoms with E-state index < -0.39 is 0 Å². The average Bonchev–Trinajstić information content (AvgIpc) is 2.11. The highest BCUT2D eigenvalue weighted by atomic mass is 19.1. The highest BCUT2D eigenvalue weighted by molar-refractivity contribution is 5.37. The average molecular weight is 182 g/mol. The second kappa shape index (κ2) is 4.26. The topological polar surface area (TPSA) is 20.2 Å². The van der Waals surface area contributed by atoms with Crippen molar-refractivity contribution in [2.45, 2.75) is 33.1 Å². The van der Waals surface area contributed by atoms with Crippen LogP contribution in [0.1, 0.15) is 31.4 Å². The Morgan fingerprint density at radius 3 is 2.46 bits per heavy atom. The van der Waals surface area contributed by atoms with Crippen molar-refractivity contribution in [3.63, 3.8) is 0 Å². The Bertz CT molecular complexity index is 294.